The molecule has 124 valence electrons. The van der Waals surface area contributed by atoms with Gasteiger partial charge in [-0.2, -0.15) is 0 Å². The monoisotopic (exact) mass is 336 g/mol. The highest BCUT2D eigenvalue weighted by Crippen LogP contribution is 2.35. The third kappa shape index (κ3) is 3.73. The Morgan fingerprint density at radius 2 is 2.13 bits per heavy atom. The fourth-order valence-electron chi connectivity index (χ4n) is 2.47. The molecule has 0 aromatic heterocycles. The van der Waals surface area contributed by atoms with Gasteiger partial charge in [-0.15, -0.1) is 0 Å². The van der Waals surface area contributed by atoms with E-state index in [1.807, 2.05) is 6.92 Å². The lowest BCUT2D eigenvalue weighted by molar-refractivity contribution is -0.147. The number of carbonyl (C=O) groups is 1. The largest absolute Gasteiger partial charge is 0.504 e. The number of aromatic hydroxyl groups is 1. The maximum atomic E-state index is 12.3. The van der Waals surface area contributed by atoms with Crippen LogP contribution in [0, 0.1) is 5.92 Å². The number of esters is 1. The van der Waals surface area contributed by atoms with E-state index in [1.165, 1.54) is 6.07 Å². The van der Waals surface area contributed by atoms with E-state index in [1.54, 1.807) is 19.1 Å². The van der Waals surface area contributed by atoms with Crippen molar-refractivity contribution in [2.24, 2.45) is 5.92 Å². The Bertz CT molecular complexity index is 633. The van der Waals surface area contributed by atoms with Gasteiger partial charge in [0, 0.05) is 5.70 Å². The molecule has 1 aliphatic heterocycles. The third-order valence-corrected chi connectivity index (χ3v) is 3.67. The number of phenolic OH excluding ortho intramolecular Hbond substituents is 1. The summed E-state index contributed by atoms with van der Waals surface area (Å²) in [6.45, 7) is 8.15. The zero-order chi connectivity index (χ0) is 17.0. The Labute approximate surface area is 140 Å². The standard InChI is InChI=1S/C16H20N2O4S/c1-4-21-12-8-10(6-7-11(12)19)14-13(15(20)22-5-2)9(3)17-16(23)18-14/h6-8,13-14,19H,3-5H2,1-2H3,(H2,17,18,23). The molecular weight excluding hydrogens is 316 g/mol. The van der Waals surface area contributed by atoms with Crippen molar-refractivity contribution in [1.29, 1.82) is 0 Å². The summed E-state index contributed by atoms with van der Waals surface area (Å²) >= 11 is 5.16. The Morgan fingerprint density at radius 1 is 1.39 bits per heavy atom. The molecule has 1 heterocycles. The van der Waals surface area contributed by atoms with Gasteiger partial charge < -0.3 is 25.2 Å². The zero-order valence-corrected chi connectivity index (χ0v) is 13.9. The van der Waals surface area contributed by atoms with Crippen molar-refractivity contribution in [2.45, 2.75) is 19.9 Å². The second-order valence-corrected chi connectivity index (χ2v) is 5.40. The highest BCUT2D eigenvalue weighted by Gasteiger charge is 2.37. The average molecular weight is 336 g/mol. The van der Waals surface area contributed by atoms with E-state index >= 15 is 0 Å². The van der Waals surface area contributed by atoms with Gasteiger partial charge in [-0.3, -0.25) is 4.79 Å². The van der Waals surface area contributed by atoms with Crippen molar-refractivity contribution in [3.63, 3.8) is 0 Å². The molecule has 1 aliphatic rings. The first-order valence-electron chi connectivity index (χ1n) is 7.36. The summed E-state index contributed by atoms with van der Waals surface area (Å²) < 4.78 is 10.5. The first-order chi connectivity index (χ1) is 11.0. The van der Waals surface area contributed by atoms with Crippen molar-refractivity contribution in [1.82, 2.24) is 10.6 Å². The predicted octanol–water partition coefficient (Wildman–Crippen LogP) is 2.00. The fraction of sp³-hybridized carbons (Fsp3) is 0.375. The lowest BCUT2D eigenvalue weighted by atomic mass is 9.89. The Morgan fingerprint density at radius 3 is 2.78 bits per heavy atom. The molecule has 3 N–H and O–H groups in total. The predicted molar refractivity (Wildman–Crippen MR) is 90.1 cm³/mol. The van der Waals surface area contributed by atoms with Gasteiger partial charge in [0.05, 0.1) is 19.3 Å². The number of hydrogen-bond acceptors (Lipinski definition) is 5. The van der Waals surface area contributed by atoms with Crippen LogP contribution in [0.3, 0.4) is 0 Å². The van der Waals surface area contributed by atoms with Crippen molar-refractivity contribution in [2.75, 3.05) is 13.2 Å². The van der Waals surface area contributed by atoms with Crippen LogP contribution in [0.4, 0.5) is 0 Å². The minimum atomic E-state index is -0.638. The number of hydrogen-bond donors (Lipinski definition) is 3. The minimum Gasteiger partial charge on any atom is -0.504 e. The highest BCUT2D eigenvalue weighted by atomic mass is 32.1. The van der Waals surface area contributed by atoms with Crippen molar-refractivity contribution in [3.8, 4) is 11.5 Å². The van der Waals surface area contributed by atoms with E-state index in [2.05, 4.69) is 17.2 Å². The molecule has 0 saturated carbocycles. The van der Waals surface area contributed by atoms with Crippen LogP contribution < -0.4 is 15.4 Å². The number of carbonyl (C=O) groups excluding carboxylic acids is 1. The molecule has 0 spiro atoms. The summed E-state index contributed by atoms with van der Waals surface area (Å²) in [6.07, 6.45) is 0. The molecule has 0 amide bonds. The van der Waals surface area contributed by atoms with Crippen molar-refractivity contribution in [3.05, 3.63) is 36.0 Å². The van der Waals surface area contributed by atoms with Gasteiger partial charge in [-0.1, -0.05) is 12.6 Å². The topological polar surface area (TPSA) is 79.8 Å². The molecule has 1 aromatic rings. The Kier molecular flexibility index (Phi) is 5.44. The van der Waals surface area contributed by atoms with Crippen LogP contribution >= 0.6 is 12.2 Å². The van der Waals surface area contributed by atoms with Crippen LogP contribution in [-0.4, -0.2) is 29.4 Å². The summed E-state index contributed by atoms with van der Waals surface area (Å²) in [5.74, 6) is -0.639. The number of ether oxygens (including phenoxy) is 2. The van der Waals surface area contributed by atoms with Crippen LogP contribution in [0.15, 0.2) is 30.5 Å². The van der Waals surface area contributed by atoms with Gasteiger partial charge in [0.2, 0.25) is 0 Å². The first-order valence-corrected chi connectivity index (χ1v) is 7.77. The summed E-state index contributed by atoms with van der Waals surface area (Å²) in [5, 5.41) is 16.1. The Hall–Kier alpha value is -2.28. The summed E-state index contributed by atoms with van der Waals surface area (Å²) in [7, 11) is 0. The van der Waals surface area contributed by atoms with E-state index in [0.717, 1.165) is 5.56 Å². The second kappa shape index (κ2) is 7.32. The molecule has 1 saturated heterocycles. The molecule has 23 heavy (non-hydrogen) atoms. The van der Waals surface area contributed by atoms with Crippen LogP contribution in [0.1, 0.15) is 25.5 Å². The lowest BCUT2D eigenvalue weighted by Crippen LogP contribution is -2.51. The normalized spacial score (nSPS) is 20.4. The van der Waals surface area contributed by atoms with Crippen molar-refractivity contribution >= 4 is 23.3 Å². The van der Waals surface area contributed by atoms with E-state index in [9.17, 15) is 9.90 Å². The molecule has 1 aromatic carbocycles. The quantitative estimate of drug-likeness (QED) is 0.560. The number of phenols is 1. The van der Waals surface area contributed by atoms with Crippen LogP contribution in [0.2, 0.25) is 0 Å². The molecule has 0 aliphatic carbocycles. The second-order valence-electron chi connectivity index (χ2n) is 4.99. The fourth-order valence-corrected chi connectivity index (χ4v) is 2.72. The molecule has 1 fully saturated rings. The van der Waals surface area contributed by atoms with E-state index < -0.39 is 17.9 Å². The third-order valence-electron chi connectivity index (χ3n) is 3.45. The molecule has 2 rings (SSSR count). The maximum absolute atomic E-state index is 12.3. The van der Waals surface area contributed by atoms with Crippen LogP contribution in [-0.2, 0) is 9.53 Å². The lowest BCUT2D eigenvalue weighted by Gasteiger charge is -2.34. The van der Waals surface area contributed by atoms with Gasteiger partial charge in [-0.25, -0.2) is 0 Å². The van der Waals surface area contributed by atoms with Crippen molar-refractivity contribution < 1.29 is 19.4 Å². The van der Waals surface area contributed by atoms with Crippen LogP contribution in [0.25, 0.3) is 0 Å². The molecule has 7 heteroatoms. The van der Waals surface area contributed by atoms with Gasteiger partial charge in [0.15, 0.2) is 16.6 Å². The minimum absolute atomic E-state index is 0.0404. The highest BCUT2D eigenvalue weighted by molar-refractivity contribution is 7.80. The van der Waals surface area contributed by atoms with Crippen LogP contribution in [0.5, 0.6) is 11.5 Å². The first kappa shape index (κ1) is 17.1. The summed E-state index contributed by atoms with van der Waals surface area (Å²) in [5.41, 5.74) is 1.22. The van der Waals surface area contributed by atoms with Gasteiger partial charge in [-0.05, 0) is 43.8 Å². The zero-order valence-electron chi connectivity index (χ0n) is 13.1. The van der Waals surface area contributed by atoms with Gasteiger partial charge in [0.1, 0.15) is 5.92 Å². The molecular formula is C16H20N2O4S. The number of benzene rings is 1. The van der Waals surface area contributed by atoms with Gasteiger partial charge >= 0.3 is 5.97 Å². The smallest absolute Gasteiger partial charge is 0.317 e. The average Bonchev–Trinajstić information content (AvgIpc) is 2.49. The summed E-state index contributed by atoms with van der Waals surface area (Å²) in [6, 6.07) is 4.47. The molecule has 2 atom stereocenters. The number of nitrogens with one attached hydrogen (secondary N) is 2. The molecule has 2 unspecified atom stereocenters. The van der Waals surface area contributed by atoms with E-state index in [0.29, 0.717) is 23.2 Å². The number of thiocarbonyl (C=S) groups is 1. The Balaban J connectivity index is 2.39. The van der Waals surface area contributed by atoms with E-state index in [4.69, 9.17) is 21.7 Å². The maximum Gasteiger partial charge on any atom is 0.317 e. The molecule has 0 radical (unpaired) electrons. The number of rotatable bonds is 5. The molecule has 0 bridgehead atoms. The van der Waals surface area contributed by atoms with E-state index in [-0.39, 0.29) is 12.4 Å². The SMILES string of the molecule is C=C1NC(=S)NC(c2ccc(O)c(OCC)c2)C1C(=O)OCC. The molecule has 6 nitrogen and oxygen atoms in total. The summed E-state index contributed by atoms with van der Waals surface area (Å²) in [4.78, 5) is 12.3. The van der Waals surface area contributed by atoms with Gasteiger partial charge in [0.25, 0.3) is 0 Å².